The largest absolute Gasteiger partial charge is 0.399 e. The minimum Gasteiger partial charge on any atom is -0.399 e. The molecule has 0 amide bonds. The van der Waals surface area contributed by atoms with Gasteiger partial charge in [0.2, 0.25) is 0 Å². The molecule has 3 N–H and O–H groups in total. The van der Waals surface area contributed by atoms with Gasteiger partial charge < -0.3 is 11.1 Å². The Labute approximate surface area is 109 Å². The third kappa shape index (κ3) is 2.95. The van der Waals surface area contributed by atoms with Gasteiger partial charge in [0.1, 0.15) is 6.07 Å². The third-order valence-corrected chi connectivity index (χ3v) is 3.70. The Bertz CT molecular complexity index is 451. The Morgan fingerprint density at radius 1 is 1.22 bits per heavy atom. The second-order valence-electron chi connectivity index (χ2n) is 5.68. The van der Waals surface area contributed by atoms with E-state index in [2.05, 4.69) is 25.2 Å². The highest BCUT2D eigenvalue weighted by Gasteiger charge is 2.24. The second kappa shape index (κ2) is 5.30. The number of nitriles is 1. The van der Waals surface area contributed by atoms with E-state index in [1.165, 1.54) is 19.3 Å². The first-order valence-corrected chi connectivity index (χ1v) is 6.64. The van der Waals surface area contributed by atoms with Gasteiger partial charge in [0.05, 0.1) is 11.3 Å². The Balaban J connectivity index is 2.12. The molecule has 1 aromatic rings. The predicted octanol–water partition coefficient (Wildman–Crippen LogP) is 3.38. The summed E-state index contributed by atoms with van der Waals surface area (Å²) in [4.78, 5) is 0. The SMILES string of the molecule is CC1CC(C)CC(Nc2ccc(N)cc2C#N)C1. The molecule has 1 fully saturated rings. The van der Waals surface area contributed by atoms with E-state index in [1.54, 1.807) is 6.07 Å². The van der Waals surface area contributed by atoms with E-state index < -0.39 is 0 Å². The topological polar surface area (TPSA) is 61.8 Å². The zero-order valence-electron chi connectivity index (χ0n) is 11.1. The van der Waals surface area contributed by atoms with E-state index in [4.69, 9.17) is 11.0 Å². The third-order valence-electron chi connectivity index (χ3n) is 3.70. The van der Waals surface area contributed by atoms with Crippen LogP contribution in [0.1, 0.15) is 38.7 Å². The molecular weight excluding hydrogens is 222 g/mol. The molecule has 3 heteroatoms. The Hall–Kier alpha value is -1.69. The Morgan fingerprint density at radius 2 is 1.89 bits per heavy atom. The summed E-state index contributed by atoms with van der Waals surface area (Å²) in [6.45, 7) is 4.61. The van der Waals surface area contributed by atoms with Gasteiger partial charge >= 0.3 is 0 Å². The molecule has 0 heterocycles. The molecule has 2 rings (SSSR count). The number of nitrogens with one attached hydrogen (secondary N) is 1. The Kier molecular flexibility index (Phi) is 3.76. The number of nitrogens with zero attached hydrogens (tertiary/aromatic N) is 1. The van der Waals surface area contributed by atoms with Gasteiger partial charge in [-0.1, -0.05) is 13.8 Å². The summed E-state index contributed by atoms with van der Waals surface area (Å²) in [5, 5.41) is 12.6. The minimum atomic E-state index is 0.472. The summed E-state index contributed by atoms with van der Waals surface area (Å²) in [6.07, 6.45) is 3.67. The van der Waals surface area contributed by atoms with Gasteiger partial charge in [-0.15, -0.1) is 0 Å². The van der Waals surface area contributed by atoms with Crippen LogP contribution in [0.15, 0.2) is 18.2 Å². The summed E-state index contributed by atoms with van der Waals surface area (Å²) in [7, 11) is 0. The first kappa shape index (κ1) is 12.8. The van der Waals surface area contributed by atoms with Gasteiger partial charge in [0.25, 0.3) is 0 Å². The van der Waals surface area contributed by atoms with Gasteiger partial charge in [-0.2, -0.15) is 5.26 Å². The molecule has 0 radical (unpaired) electrons. The summed E-state index contributed by atoms with van der Waals surface area (Å²) in [5.41, 5.74) is 7.90. The first-order chi connectivity index (χ1) is 8.58. The molecule has 0 bridgehead atoms. The number of nitrogen functional groups attached to an aromatic ring is 1. The molecule has 3 nitrogen and oxygen atoms in total. The van der Waals surface area contributed by atoms with E-state index in [-0.39, 0.29) is 0 Å². The van der Waals surface area contributed by atoms with Crippen molar-refractivity contribution in [1.82, 2.24) is 0 Å². The normalized spacial score (nSPS) is 27.5. The molecule has 1 aromatic carbocycles. The molecule has 0 saturated heterocycles. The van der Waals surface area contributed by atoms with Crippen molar-refractivity contribution in [3.05, 3.63) is 23.8 Å². The fourth-order valence-corrected chi connectivity index (χ4v) is 3.06. The molecule has 1 saturated carbocycles. The fourth-order valence-electron chi connectivity index (χ4n) is 3.06. The lowest BCUT2D eigenvalue weighted by molar-refractivity contribution is 0.281. The van der Waals surface area contributed by atoms with Crippen LogP contribution < -0.4 is 11.1 Å². The number of rotatable bonds is 2. The van der Waals surface area contributed by atoms with E-state index in [0.717, 1.165) is 17.5 Å². The van der Waals surface area contributed by atoms with Crippen molar-refractivity contribution >= 4 is 11.4 Å². The monoisotopic (exact) mass is 243 g/mol. The quantitative estimate of drug-likeness (QED) is 0.783. The van der Waals surface area contributed by atoms with Crippen LogP contribution in [0.3, 0.4) is 0 Å². The highest BCUT2D eigenvalue weighted by Crippen LogP contribution is 2.31. The van der Waals surface area contributed by atoms with Crippen LogP contribution in [0.4, 0.5) is 11.4 Å². The van der Waals surface area contributed by atoms with Crippen LogP contribution in [-0.4, -0.2) is 6.04 Å². The van der Waals surface area contributed by atoms with Crippen LogP contribution in [0.25, 0.3) is 0 Å². The molecule has 2 atom stereocenters. The average Bonchev–Trinajstić information content (AvgIpc) is 2.30. The first-order valence-electron chi connectivity index (χ1n) is 6.64. The highest BCUT2D eigenvalue weighted by molar-refractivity contribution is 5.63. The van der Waals surface area contributed by atoms with E-state index in [9.17, 15) is 0 Å². The van der Waals surface area contributed by atoms with E-state index in [1.807, 2.05) is 12.1 Å². The maximum absolute atomic E-state index is 9.13. The molecule has 0 spiro atoms. The standard InChI is InChI=1S/C15H21N3/c1-10-5-11(2)7-14(6-10)18-15-4-3-13(17)8-12(15)9-16/h3-4,8,10-11,14,18H,5-7,17H2,1-2H3. The molecule has 96 valence electrons. The average molecular weight is 243 g/mol. The van der Waals surface area contributed by atoms with Crippen LogP contribution in [0, 0.1) is 23.2 Å². The maximum Gasteiger partial charge on any atom is 0.101 e. The lowest BCUT2D eigenvalue weighted by Crippen LogP contribution is -2.30. The lowest BCUT2D eigenvalue weighted by atomic mass is 9.80. The summed E-state index contributed by atoms with van der Waals surface area (Å²) < 4.78 is 0. The van der Waals surface area contributed by atoms with Crippen molar-refractivity contribution < 1.29 is 0 Å². The second-order valence-corrected chi connectivity index (χ2v) is 5.68. The molecule has 1 aliphatic carbocycles. The molecule has 0 aliphatic heterocycles. The van der Waals surface area contributed by atoms with Gasteiger partial charge in [0.15, 0.2) is 0 Å². The van der Waals surface area contributed by atoms with Gasteiger partial charge in [-0.05, 0) is 49.3 Å². The fraction of sp³-hybridized carbons (Fsp3) is 0.533. The number of anilines is 2. The van der Waals surface area contributed by atoms with E-state index in [0.29, 0.717) is 17.3 Å². The summed E-state index contributed by atoms with van der Waals surface area (Å²) in [5.74, 6) is 1.51. The van der Waals surface area contributed by atoms with Crippen molar-refractivity contribution in [1.29, 1.82) is 5.26 Å². The summed E-state index contributed by atoms with van der Waals surface area (Å²) in [6, 6.07) is 8.17. The number of hydrogen-bond acceptors (Lipinski definition) is 3. The number of nitrogens with two attached hydrogens (primary N) is 1. The zero-order valence-corrected chi connectivity index (χ0v) is 11.1. The van der Waals surface area contributed by atoms with Gasteiger partial charge in [-0.3, -0.25) is 0 Å². The molecule has 0 aromatic heterocycles. The van der Waals surface area contributed by atoms with Crippen molar-refractivity contribution in [3.63, 3.8) is 0 Å². The van der Waals surface area contributed by atoms with Crippen LogP contribution in [-0.2, 0) is 0 Å². The van der Waals surface area contributed by atoms with Crippen molar-refractivity contribution in [3.8, 4) is 6.07 Å². The van der Waals surface area contributed by atoms with Crippen LogP contribution in [0.5, 0.6) is 0 Å². The minimum absolute atomic E-state index is 0.472. The summed E-state index contributed by atoms with van der Waals surface area (Å²) >= 11 is 0. The molecule has 1 aliphatic rings. The van der Waals surface area contributed by atoms with Gasteiger partial charge in [0, 0.05) is 11.7 Å². The number of hydrogen-bond donors (Lipinski definition) is 2. The predicted molar refractivity (Wildman–Crippen MR) is 75.2 cm³/mol. The lowest BCUT2D eigenvalue weighted by Gasteiger charge is -2.32. The smallest absolute Gasteiger partial charge is 0.101 e. The van der Waals surface area contributed by atoms with Gasteiger partial charge in [-0.25, -0.2) is 0 Å². The van der Waals surface area contributed by atoms with Crippen LogP contribution in [0.2, 0.25) is 0 Å². The van der Waals surface area contributed by atoms with Crippen molar-refractivity contribution in [2.45, 2.75) is 39.2 Å². The van der Waals surface area contributed by atoms with E-state index >= 15 is 0 Å². The molecule has 2 unspecified atom stereocenters. The molecular formula is C15H21N3. The number of benzene rings is 1. The van der Waals surface area contributed by atoms with Crippen molar-refractivity contribution in [2.24, 2.45) is 11.8 Å². The van der Waals surface area contributed by atoms with Crippen LogP contribution >= 0.6 is 0 Å². The Morgan fingerprint density at radius 3 is 2.50 bits per heavy atom. The highest BCUT2D eigenvalue weighted by atomic mass is 14.9. The van der Waals surface area contributed by atoms with Crippen molar-refractivity contribution in [2.75, 3.05) is 11.1 Å². The molecule has 18 heavy (non-hydrogen) atoms. The maximum atomic E-state index is 9.13. The zero-order chi connectivity index (χ0) is 13.1.